The van der Waals surface area contributed by atoms with Crippen LogP contribution in [0.15, 0.2) is 30.5 Å². The van der Waals surface area contributed by atoms with Crippen LogP contribution in [0.25, 0.3) is 11.3 Å². The number of benzene rings is 1. The van der Waals surface area contributed by atoms with Crippen LogP contribution in [0, 0.1) is 3.57 Å². The molecule has 1 aromatic heterocycles. The smallest absolute Gasteiger partial charge is 0.418 e. The highest BCUT2D eigenvalue weighted by Gasteiger charge is 2.16. The summed E-state index contributed by atoms with van der Waals surface area (Å²) < 4.78 is 1.92. The molecule has 2 aromatic rings. The van der Waals surface area contributed by atoms with E-state index in [4.69, 9.17) is 10.8 Å². The molecule has 5 nitrogen and oxygen atoms in total. The fourth-order valence-electron chi connectivity index (χ4n) is 1.43. The van der Waals surface area contributed by atoms with Gasteiger partial charge in [-0.15, -0.1) is 0 Å². The predicted octanol–water partition coefficient (Wildman–Crippen LogP) is 2.26. The molecule has 0 amide bonds. The molecule has 0 aliphatic heterocycles. The van der Waals surface area contributed by atoms with Crippen molar-refractivity contribution in [3.8, 4) is 11.3 Å². The van der Waals surface area contributed by atoms with E-state index < -0.39 is 6.09 Å². The van der Waals surface area contributed by atoms with E-state index in [1.807, 2.05) is 24.3 Å². The van der Waals surface area contributed by atoms with Crippen molar-refractivity contribution in [3.05, 3.63) is 34.0 Å². The molecule has 0 saturated heterocycles. The molecule has 1 aromatic carbocycles. The lowest BCUT2D eigenvalue weighted by molar-refractivity contribution is 0.197. The molecule has 0 radical (unpaired) electrons. The molecule has 0 aliphatic rings. The van der Waals surface area contributed by atoms with Gasteiger partial charge < -0.3 is 10.8 Å². The van der Waals surface area contributed by atoms with Crippen LogP contribution in [-0.2, 0) is 0 Å². The molecule has 6 heteroatoms. The summed E-state index contributed by atoms with van der Waals surface area (Å²) in [6.07, 6.45) is 0.325. The molecule has 2 rings (SSSR count). The summed E-state index contributed by atoms with van der Waals surface area (Å²) in [6.45, 7) is 0. The fraction of sp³-hybridized carbons (Fsp3) is 0. The summed E-state index contributed by atoms with van der Waals surface area (Å²) in [5.41, 5.74) is 6.78. The molecule has 0 aliphatic carbocycles. The Labute approximate surface area is 105 Å². The Kier molecular flexibility index (Phi) is 2.82. The van der Waals surface area contributed by atoms with Gasteiger partial charge in [-0.05, 0) is 28.7 Å². The average Bonchev–Trinajstić information content (AvgIpc) is 2.61. The van der Waals surface area contributed by atoms with E-state index >= 15 is 0 Å². The molecule has 0 spiro atoms. The Morgan fingerprint density at radius 2 is 2.12 bits per heavy atom. The number of nitrogen functional groups attached to an aromatic ring is 1. The molecular weight excluding hydrogens is 321 g/mol. The summed E-state index contributed by atoms with van der Waals surface area (Å²) in [5, 5.41) is 9.03. The molecule has 0 atom stereocenters. The first kappa shape index (κ1) is 10.9. The summed E-state index contributed by atoms with van der Waals surface area (Å²) in [6, 6.07) is 7.45. The van der Waals surface area contributed by atoms with Gasteiger partial charge in [0.2, 0.25) is 5.95 Å². The van der Waals surface area contributed by atoms with Crippen LogP contribution < -0.4 is 5.73 Å². The minimum atomic E-state index is -1.13. The zero-order chi connectivity index (χ0) is 11.7. The maximum atomic E-state index is 11.0. The highest BCUT2D eigenvalue weighted by atomic mass is 127. The van der Waals surface area contributed by atoms with Crippen molar-refractivity contribution < 1.29 is 9.90 Å². The highest BCUT2D eigenvalue weighted by molar-refractivity contribution is 14.1. The lowest BCUT2D eigenvalue weighted by Crippen LogP contribution is -2.13. The first-order chi connectivity index (χ1) is 7.61. The quantitative estimate of drug-likeness (QED) is 0.787. The van der Waals surface area contributed by atoms with Crippen LogP contribution in [0.4, 0.5) is 10.7 Å². The molecule has 0 unspecified atom stereocenters. The molecule has 0 fully saturated rings. The number of nitrogens with two attached hydrogens (primary N) is 1. The van der Waals surface area contributed by atoms with Crippen molar-refractivity contribution in [2.45, 2.75) is 0 Å². The van der Waals surface area contributed by atoms with Gasteiger partial charge >= 0.3 is 6.09 Å². The van der Waals surface area contributed by atoms with Gasteiger partial charge in [0, 0.05) is 9.13 Å². The van der Waals surface area contributed by atoms with Crippen molar-refractivity contribution in [2.75, 3.05) is 5.73 Å². The number of hydrogen-bond donors (Lipinski definition) is 2. The van der Waals surface area contributed by atoms with Gasteiger partial charge in [0.25, 0.3) is 0 Å². The average molecular weight is 329 g/mol. The number of halogens is 1. The number of hydrogen-bond acceptors (Lipinski definition) is 3. The van der Waals surface area contributed by atoms with Gasteiger partial charge in [-0.2, -0.15) is 0 Å². The zero-order valence-corrected chi connectivity index (χ0v) is 10.2. The minimum Gasteiger partial charge on any atom is -0.464 e. The Morgan fingerprint density at radius 1 is 1.44 bits per heavy atom. The lowest BCUT2D eigenvalue weighted by atomic mass is 10.2. The number of imidazole rings is 1. The molecular formula is C10H8IN3O2. The number of carboxylic acid groups (broad SMARTS) is 1. The van der Waals surface area contributed by atoms with E-state index in [0.29, 0.717) is 5.69 Å². The number of anilines is 1. The Hall–Kier alpha value is -1.57. The lowest BCUT2D eigenvalue weighted by Gasteiger charge is -2.05. The van der Waals surface area contributed by atoms with E-state index in [-0.39, 0.29) is 5.95 Å². The van der Waals surface area contributed by atoms with Gasteiger partial charge in [0.05, 0.1) is 11.9 Å². The largest absolute Gasteiger partial charge is 0.464 e. The monoisotopic (exact) mass is 329 g/mol. The first-order valence-corrected chi connectivity index (χ1v) is 5.50. The number of aromatic nitrogens is 2. The SMILES string of the molecule is Nc1ncc(-c2ccccc2I)n1C(=O)O. The maximum Gasteiger partial charge on any atom is 0.418 e. The third kappa shape index (κ3) is 1.75. The zero-order valence-electron chi connectivity index (χ0n) is 8.09. The molecule has 3 N–H and O–H groups in total. The van der Waals surface area contributed by atoms with Gasteiger partial charge in [-0.3, -0.25) is 0 Å². The topological polar surface area (TPSA) is 81.1 Å². The van der Waals surface area contributed by atoms with E-state index in [1.54, 1.807) is 0 Å². The highest BCUT2D eigenvalue weighted by Crippen LogP contribution is 2.26. The third-order valence-corrected chi connectivity index (χ3v) is 3.07. The normalized spacial score (nSPS) is 10.3. The fourth-order valence-corrected chi connectivity index (χ4v) is 2.09. The van der Waals surface area contributed by atoms with Gasteiger partial charge in [-0.25, -0.2) is 14.3 Å². The molecule has 0 saturated carbocycles. The number of carbonyl (C=O) groups is 1. The van der Waals surface area contributed by atoms with Crippen LogP contribution in [0.1, 0.15) is 0 Å². The van der Waals surface area contributed by atoms with Crippen LogP contribution in [0.2, 0.25) is 0 Å². The summed E-state index contributed by atoms with van der Waals surface area (Å²) in [7, 11) is 0. The van der Waals surface area contributed by atoms with Crippen LogP contribution in [0.3, 0.4) is 0 Å². The van der Waals surface area contributed by atoms with Crippen molar-refractivity contribution in [3.63, 3.8) is 0 Å². The van der Waals surface area contributed by atoms with Crippen molar-refractivity contribution in [1.29, 1.82) is 0 Å². The molecule has 16 heavy (non-hydrogen) atoms. The number of rotatable bonds is 1. The second-order valence-corrected chi connectivity index (χ2v) is 4.26. The minimum absolute atomic E-state index is 0.0258. The molecule has 1 heterocycles. The van der Waals surface area contributed by atoms with E-state index in [1.165, 1.54) is 6.20 Å². The summed E-state index contributed by atoms with van der Waals surface area (Å²) in [4.78, 5) is 14.8. The van der Waals surface area contributed by atoms with Crippen molar-refractivity contribution in [1.82, 2.24) is 9.55 Å². The van der Waals surface area contributed by atoms with Crippen molar-refractivity contribution >= 4 is 34.6 Å². The number of nitrogens with zero attached hydrogens (tertiary/aromatic N) is 2. The molecule has 0 bridgehead atoms. The van der Waals surface area contributed by atoms with Crippen LogP contribution in [0.5, 0.6) is 0 Å². The van der Waals surface area contributed by atoms with Crippen molar-refractivity contribution in [2.24, 2.45) is 0 Å². The Balaban J connectivity index is 2.66. The van der Waals surface area contributed by atoms with Gasteiger partial charge in [0.15, 0.2) is 0 Å². The predicted molar refractivity (Wildman–Crippen MR) is 68.2 cm³/mol. The molecule has 82 valence electrons. The Morgan fingerprint density at radius 3 is 2.75 bits per heavy atom. The van der Waals surface area contributed by atoms with E-state index in [9.17, 15) is 4.79 Å². The standard InChI is InChI=1S/C10H8IN3O2/c11-7-4-2-1-3-6(7)8-5-13-9(12)14(8)10(15)16/h1-5H,(H2,12,13)(H,15,16). The van der Waals surface area contributed by atoms with E-state index in [0.717, 1.165) is 13.7 Å². The van der Waals surface area contributed by atoms with E-state index in [2.05, 4.69) is 27.6 Å². The Bertz CT molecular complexity index is 551. The summed E-state index contributed by atoms with van der Waals surface area (Å²) >= 11 is 2.14. The second kappa shape index (κ2) is 4.12. The van der Waals surface area contributed by atoms with Gasteiger partial charge in [-0.1, -0.05) is 18.2 Å². The third-order valence-electron chi connectivity index (χ3n) is 2.13. The van der Waals surface area contributed by atoms with Gasteiger partial charge in [0.1, 0.15) is 0 Å². The van der Waals surface area contributed by atoms with Crippen LogP contribution in [-0.4, -0.2) is 20.8 Å². The summed E-state index contributed by atoms with van der Waals surface area (Å²) in [5.74, 6) is -0.0258. The maximum absolute atomic E-state index is 11.0. The van der Waals surface area contributed by atoms with Crippen LogP contribution >= 0.6 is 22.6 Å². The first-order valence-electron chi connectivity index (χ1n) is 4.42. The second-order valence-electron chi connectivity index (χ2n) is 3.10.